The van der Waals surface area contributed by atoms with E-state index in [1.54, 1.807) is 6.07 Å². The molecule has 1 fully saturated rings. The SMILES string of the molecule is CN(C)Cc1ccc(CNC(=O)c2ccc3c(c2)NC(=O)C2CCCN32)cc1. The number of carbonyl (C=O) groups is 2. The molecule has 0 aromatic heterocycles. The van der Waals surface area contributed by atoms with Gasteiger partial charge in [0.2, 0.25) is 5.91 Å². The van der Waals surface area contributed by atoms with Crippen LogP contribution < -0.4 is 15.5 Å². The molecule has 2 aromatic carbocycles. The number of benzene rings is 2. The van der Waals surface area contributed by atoms with Crippen molar-refractivity contribution < 1.29 is 9.59 Å². The summed E-state index contributed by atoms with van der Waals surface area (Å²) in [6.07, 6.45) is 1.91. The molecule has 4 rings (SSSR count). The highest BCUT2D eigenvalue weighted by molar-refractivity contribution is 6.06. The molecular weight excluding hydrogens is 352 g/mol. The van der Waals surface area contributed by atoms with E-state index in [1.165, 1.54) is 5.56 Å². The van der Waals surface area contributed by atoms with Crippen LogP contribution in [0.15, 0.2) is 42.5 Å². The van der Waals surface area contributed by atoms with Crippen LogP contribution in [0.1, 0.15) is 34.3 Å². The highest BCUT2D eigenvalue weighted by Gasteiger charge is 2.36. The van der Waals surface area contributed by atoms with Crippen molar-refractivity contribution in [1.82, 2.24) is 10.2 Å². The molecule has 1 unspecified atom stereocenters. The monoisotopic (exact) mass is 378 g/mol. The van der Waals surface area contributed by atoms with Gasteiger partial charge in [0.25, 0.3) is 5.91 Å². The zero-order chi connectivity index (χ0) is 19.7. The minimum absolute atomic E-state index is 0.0281. The average molecular weight is 378 g/mol. The molecule has 2 aliphatic heterocycles. The minimum atomic E-state index is -0.141. The van der Waals surface area contributed by atoms with Crippen LogP contribution in [0.25, 0.3) is 0 Å². The molecule has 2 aromatic rings. The Bertz CT molecular complexity index is 892. The average Bonchev–Trinajstić information content (AvgIpc) is 3.17. The number of rotatable bonds is 5. The Morgan fingerprint density at radius 2 is 1.93 bits per heavy atom. The molecule has 2 amide bonds. The molecule has 146 valence electrons. The maximum atomic E-state index is 12.6. The van der Waals surface area contributed by atoms with E-state index in [2.05, 4.69) is 32.6 Å². The molecule has 1 saturated heterocycles. The van der Waals surface area contributed by atoms with E-state index in [-0.39, 0.29) is 17.9 Å². The highest BCUT2D eigenvalue weighted by atomic mass is 16.2. The van der Waals surface area contributed by atoms with Crippen LogP contribution in [0.5, 0.6) is 0 Å². The van der Waals surface area contributed by atoms with Crippen molar-refractivity contribution in [1.29, 1.82) is 0 Å². The number of carbonyl (C=O) groups excluding carboxylic acids is 2. The summed E-state index contributed by atoms with van der Waals surface area (Å²) in [5.74, 6) is -0.113. The fourth-order valence-electron chi connectivity index (χ4n) is 3.98. The Balaban J connectivity index is 1.42. The van der Waals surface area contributed by atoms with Gasteiger partial charge in [-0.1, -0.05) is 24.3 Å². The van der Waals surface area contributed by atoms with Gasteiger partial charge in [0.15, 0.2) is 0 Å². The van der Waals surface area contributed by atoms with Crippen LogP contribution in [0.3, 0.4) is 0 Å². The van der Waals surface area contributed by atoms with Crippen LogP contribution in [-0.4, -0.2) is 43.4 Å². The molecule has 0 spiro atoms. The topological polar surface area (TPSA) is 64.7 Å². The minimum Gasteiger partial charge on any atom is -0.358 e. The maximum absolute atomic E-state index is 12.6. The van der Waals surface area contributed by atoms with Crippen LogP contribution >= 0.6 is 0 Å². The lowest BCUT2D eigenvalue weighted by molar-refractivity contribution is -0.117. The van der Waals surface area contributed by atoms with Gasteiger partial charge in [-0.15, -0.1) is 0 Å². The van der Waals surface area contributed by atoms with Crippen molar-refractivity contribution in [3.05, 3.63) is 59.2 Å². The summed E-state index contributed by atoms with van der Waals surface area (Å²) in [6.45, 7) is 2.25. The normalized spacial score (nSPS) is 17.9. The first-order valence-corrected chi connectivity index (χ1v) is 9.73. The third-order valence-corrected chi connectivity index (χ3v) is 5.36. The van der Waals surface area contributed by atoms with Gasteiger partial charge < -0.3 is 20.4 Å². The molecule has 28 heavy (non-hydrogen) atoms. The molecule has 0 aliphatic carbocycles. The number of nitrogens with one attached hydrogen (secondary N) is 2. The van der Waals surface area contributed by atoms with Crippen LogP contribution in [0.2, 0.25) is 0 Å². The van der Waals surface area contributed by atoms with Gasteiger partial charge in [0, 0.05) is 25.2 Å². The zero-order valence-corrected chi connectivity index (χ0v) is 16.4. The number of amides is 2. The quantitative estimate of drug-likeness (QED) is 0.839. The predicted octanol–water partition coefficient (Wildman–Crippen LogP) is 2.60. The molecule has 0 radical (unpaired) electrons. The molecule has 0 saturated carbocycles. The number of fused-ring (bicyclic) bond motifs is 3. The van der Waals surface area contributed by atoms with Crippen molar-refractivity contribution in [2.75, 3.05) is 30.9 Å². The molecule has 2 N–H and O–H groups in total. The van der Waals surface area contributed by atoms with E-state index in [4.69, 9.17) is 0 Å². The van der Waals surface area contributed by atoms with Crippen molar-refractivity contribution in [2.24, 2.45) is 0 Å². The van der Waals surface area contributed by atoms with E-state index >= 15 is 0 Å². The largest absolute Gasteiger partial charge is 0.358 e. The second-order valence-electron chi connectivity index (χ2n) is 7.81. The second kappa shape index (κ2) is 7.64. The van der Waals surface area contributed by atoms with Gasteiger partial charge in [-0.2, -0.15) is 0 Å². The fourth-order valence-corrected chi connectivity index (χ4v) is 3.98. The molecule has 2 aliphatic rings. The summed E-state index contributed by atoms with van der Waals surface area (Å²) < 4.78 is 0. The Hall–Kier alpha value is -2.86. The first-order valence-electron chi connectivity index (χ1n) is 9.73. The highest BCUT2D eigenvalue weighted by Crippen LogP contribution is 2.37. The molecule has 6 heteroatoms. The molecule has 2 heterocycles. The summed E-state index contributed by atoms with van der Waals surface area (Å²) in [7, 11) is 4.08. The van der Waals surface area contributed by atoms with E-state index < -0.39 is 0 Å². The predicted molar refractivity (Wildman–Crippen MR) is 110 cm³/mol. The number of nitrogens with zero attached hydrogens (tertiary/aromatic N) is 2. The van der Waals surface area contributed by atoms with Gasteiger partial charge in [-0.05, 0) is 56.3 Å². The van der Waals surface area contributed by atoms with Crippen molar-refractivity contribution in [3.63, 3.8) is 0 Å². The summed E-state index contributed by atoms with van der Waals surface area (Å²) in [5.41, 5.74) is 4.59. The lowest BCUT2D eigenvalue weighted by atomic mass is 10.1. The van der Waals surface area contributed by atoms with Gasteiger partial charge in [-0.3, -0.25) is 9.59 Å². The third-order valence-electron chi connectivity index (χ3n) is 5.36. The van der Waals surface area contributed by atoms with E-state index in [9.17, 15) is 9.59 Å². The number of hydrogen-bond donors (Lipinski definition) is 2. The first kappa shape index (κ1) is 18.5. The standard InChI is InChI=1S/C22H26N4O2/c1-25(2)14-16-7-5-15(6-8-16)13-23-21(27)17-9-10-19-18(12-17)24-22(28)20-4-3-11-26(19)20/h5-10,12,20H,3-4,11,13-14H2,1-2H3,(H,23,27)(H,24,28). The van der Waals surface area contributed by atoms with Crippen molar-refractivity contribution in [2.45, 2.75) is 32.0 Å². The van der Waals surface area contributed by atoms with Crippen molar-refractivity contribution in [3.8, 4) is 0 Å². The summed E-state index contributed by atoms with van der Waals surface area (Å²) in [4.78, 5) is 29.1. The van der Waals surface area contributed by atoms with E-state index in [1.807, 2.05) is 38.4 Å². The first-order chi connectivity index (χ1) is 13.5. The second-order valence-corrected chi connectivity index (χ2v) is 7.81. The van der Waals surface area contributed by atoms with Gasteiger partial charge in [-0.25, -0.2) is 0 Å². The third kappa shape index (κ3) is 3.73. The lowest BCUT2D eigenvalue weighted by Gasteiger charge is -2.33. The maximum Gasteiger partial charge on any atom is 0.251 e. The van der Waals surface area contributed by atoms with E-state index in [0.717, 1.165) is 42.9 Å². The fraction of sp³-hybridized carbons (Fsp3) is 0.364. The summed E-state index contributed by atoms with van der Waals surface area (Å²) in [6, 6.07) is 13.7. The van der Waals surface area contributed by atoms with Crippen LogP contribution in [0, 0.1) is 0 Å². The Kier molecular flexibility index (Phi) is 5.05. The Morgan fingerprint density at radius 1 is 1.18 bits per heavy atom. The van der Waals surface area contributed by atoms with E-state index in [0.29, 0.717) is 12.1 Å². The zero-order valence-electron chi connectivity index (χ0n) is 16.4. The number of hydrogen-bond acceptors (Lipinski definition) is 4. The van der Waals surface area contributed by atoms with Gasteiger partial charge in [0.1, 0.15) is 6.04 Å². The molecule has 6 nitrogen and oxygen atoms in total. The Morgan fingerprint density at radius 3 is 2.68 bits per heavy atom. The molecule has 0 bridgehead atoms. The van der Waals surface area contributed by atoms with Crippen LogP contribution in [0.4, 0.5) is 11.4 Å². The smallest absolute Gasteiger partial charge is 0.251 e. The summed E-state index contributed by atoms with van der Waals surface area (Å²) >= 11 is 0. The molecule has 1 atom stereocenters. The number of anilines is 2. The van der Waals surface area contributed by atoms with Gasteiger partial charge >= 0.3 is 0 Å². The lowest BCUT2D eigenvalue weighted by Crippen LogP contribution is -2.44. The van der Waals surface area contributed by atoms with Gasteiger partial charge in [0.05, 0.1) is 11.4 Å². The Labute approximate surface area is 165 Å². The van der Waals surface area contributed by atoms with Crippen molar-refractivity contribution >= 4 is 23.2 Å². The van der Waals surface area contributed by atoms with Crippen LogP contribution in [-0.2, 0) is 17.9 Å². The molecular formula is C22H26N4O2. The summed E-state index contributed by atoms with van der Waals surface area (Å²) in [5, 5.41) is 5.92.